The van der Waals surface area contributed by atoms with Crippen LogP contribution in [0, 0.1) is 0 Å². The molecule has 0 bridgehead atoms. The Morgan fingerprint density at radius 2 is 1.96 bits per heavy atom. The molecule has 138 valence electrons. The third-order valence-corrected chi connectivity index (χ3v) is 3.65. The SMILES string of the molecule is CN(C(=O)Oc1ccc(NC(=S)NC(C)(C)CO)cn1)c1ccccc1. The van der Waals surface area contributed by atoms with E-state index in [0.29, 0.717) is 10.8 Å². The van der Waals surface area contributed by atoms with Crippen LogP contribution in [0.5, 0.6) is 5.88 Å². The number of aliphatic hydroxyl groups is 1. The minimum atomic E-state index is -0.536. The molecule has 3 N–H and O–H groups in total. The number of hydrogen-bond donors (Lipinski definition) is 3. The summed E-state index contributed by atoms with van der Waals surface area (Å²) in [5.74, 6) is 0.179. The van der Waals surface area contributed by atoms with E-state index in [-0.39, 0.29) is 12.5 Å². The molecule has 7 nitrogen and oxygen atoms in total. The standard InChI is InChI=1S/C18H22N4O3S/c1-18(2,12-23)21-16(26)20-13-9-10-15(19-11-13)25-17(24)22(3)14-7-5-4-6-8-14/h4-11,23H,12H2,1-3H3,(H2,20,21,26). The van der Waals surface area contributed by atoms with E-state index in [1.54, 1.807) is 19.2 Å². The van der Waals surface area contributed by atoms with Gasteiger partial charge in [-0.15, -0.1) is 0 Å². The van der Waals surface area contributed by atoms with Gasteiger partial charge in [-0.05, 0) is 44.3 Å². The fourth-order valence-electron chi connectivity index (χ4n) is 1.94. The molecule has 0 aliphatic heterocycles. The van der Waals surface area contributed by atoms with Gasteiger partial charge in [-0.3, -0.25) is 4.90 Å². The molecule has 0 atom stereocenters. The van der Waals surface area contributed by atoms with Gasteiger partial charge in [0.05, 0.1) is 24.0 Å². The monoisotopic (exact) mass is 374 g/mol. The molecule has 8 heteroatoms. The third kappa shape index (κ3) is 5.68. The van der Waals surface area contributed by atoms with Gasteiger partial charge in [-0.1, -0.05) is 18.2 Å². The quantitative estimate of drug-likeness (QED) is 0.694. The Morgan fingerprint density at radius 3 is 2.54 bits per heavy atom. The number of thiocarbonyl (C=S) groups is 1. The predicted molar refractivity (Wildman–Crippen MR) is 106 cm³/mol. The molecule has 1 aromatic carbocycles. The van der Waals surface area contributed by atoms with E-state index in [4.69, 9.17) is 17.0 Å². The topological polar surface area (TPSA) is 86.7 Å². The van der Waals surface area contributed by atoms with Gasteiger partial charge in [0.2, 0.25) is 5.88 Å². The maximum atomic E-state index is 12.2. The highest BCUT2D eigenvalue weighted by Crippen LogP contribution is 2.16. The molecule has 0 spiro atoms. The predicted octanol–water partition coefficient (Wildman–Crippen LogP) is 2.77. The molecule has 0 unspecified atom stereocenters. The fourth-order valence-corrected chi connectivity index (χ4v) is 2.33. The van der Waals surface area contributed by atoms with Gasteiger partial charge in [-0.2, -0.15) is 0 Å². The van der Waals surface area contributed by atoms with Crippen LogP contribution < -0.4 is 20.3 Å². The van der Waals surface area contributed by atoms with Crippen molar-refractivity contribution in [2.45, 2.75) is 19.4 Å². The molecule has 1 amide bonds. The van der Waals surface area contributed by atoms with Crippen molar-refractivity contribution in [2.24, 2.45) is 0 Å². The summed E-state index contributed by atoms with van der Waals surface area (Å²) in [6, 6.07) is 12.4. The zero-order valence-electron chi connectivity index (χ0n) is 14.9. The van der Waals surface area contributed by atoms with Crippen molar-refractivity contribution in [3.8, 4) is 5.88 Å². The van der Waals surface area contributed by atoms with E-state index < -0.39 is 11.6 Å². The van der Waals surface area contributed by atoms with E-state index in [9.17, 15) is 9.90 Å². The summed E-state index contributed by atoms with van der Waals surface area (Å²) < 4.78 is 5.26. The van der Waals surface area contributed by atoms with Crippen LogP contribution in [0.25, 0.3) is 0 Å². The smallest absolute Gasteiger partial charge is 0.394 e. The molecular formula is C18H22N4O3S. The fraction of sp³-hybridized carbons (Fsp3) is 0.278. The van der Waals surface area contributed by atoms with Crippen LogP contribution in [0.15, 0.2) is 48.7 Å². The van der Waals surface area contributed by atoms with Crippen LogP contribution in [0.4, 0.5) is 16.2 Å². The number of nitrogens with zero attached hydrogens (tertiary/aromatic N) is 2. The summed E-state index contributed by atoms with van der Waals surface area (Å²) in [5.41, 5.74) is 0.820. The lowest BCUT2D eigenvalue weighted by molar-refractivity contribution is 0.207. The van der Waals surface area contributed by atoms with Crippen LogP contribution in [0.1, 0.15) is 13.8 Å². The largest absolute Gasteiger partial charge is 0.420 e. The summed E-state index contributed by atoms with van der Waals surface area (Å²) in [7, 11) is 1.63. The maximum Gasteiger partial charge on any atom is 0.420 e. The van der Waals surface area contributed by atoms with Crippen molar-refractivity contribution < 1.29 is 14.6 Å². The number of aromatic nitrogens is 1. The van der Waals surface area contributed by atoms with Crippen molar-refractivity contribution >= 4 is 34.8 Å². The van der Waals surface area contributed by atoms with Gasteiger partial charge in [0.15, 0.2) is 5.11 Å². The Morgan fingerprint density at radius 1 is 1.27 bits per heavy atom. The molecular weight excluding hydrogens is 352 g/mol. The molecule has 1 heterocycles. The average Bonchev–Trinajstić information content (AvgIpc) is 2.63. The lowest BCUT2D eigenvalue weighted by Crippen LogP contribution is -2.47. The average molecular weight is 374 g/mol. The first-order valence-corrected chi connectivity index (χ1v) is 8.38. The number of aliphatic hydroxyl groups excluding tert-OH is 1. The van der Waals surface area contributed by atoms with E-state index in [1.807, 2.05) is 44.2 Å². The normalized spacial score (nSPS) is 10.8. The first-order valence-electron chi connectivity index (χ1n) is 7.97. The molecule has 1 aromatic heterocycles. The Balaban J connectivity index is 1.93. The van der Waals surface area contributed by atoms with Crippen molar-refractivity contribution in [1.29, 1.82) is 0 Å². The first kappa shape index (κ1) is 19.6. The molecule has 0 saturated heterocycles. The number of hydrogen-bond acceptors (Lipinski definition) is 5. The van der Waals surface area contributed by atoms with Gasteiger partial charge < -0.3 is 20.5 Å². The number of carbonyl (C=O) groups excluding carboxylic acids is 1. The summed E-state index contributed by atoms with van der Waals surface area (Å²) in [6.07, 6.45) is 0.969. The van der Waals surface area contributed by atoms with Gasteiger partial charge in [0.1, 0.15) is 0 Å². The number of nitrogens with one attached hydrogen (secondary N) is 2. The van der Waals surface area contributed by atoms with Crippen LogP contribution in [-0.2, 0) is 0 Å². The number of anilines is 2. The molecule has 0 saturated carbocycles. The molecule has 0 aliphatic rings. The number of rotatable bonds is 5. The zero-order chi connectivity index (χ0) is 19.2. The summed E-state index contributed by atoms with van der Waals surface area (Å²) in [6.45, 7) is 3.59. The van der Waals surface area contributed by atoms with Crippen LogP contribution in [0.3, 0.4) is 0 Å². The van der Waals surface area contributed by atoms with Gasteiger partial charge in [0.25, 0.3) is 0 Å². The second-order valence-electron chi connectivity index (χ2n) is 6.27. The summed E-state index contributed by atoms with van der Waals surface area (Å²) >= 11 is 5.19. The Labute approximate surface area is 158 Å². The number of pyridine rings is 1. The minimum Gasteiger partial charge on any atom is -0.394 e. The lowest BCUT2D eigenvalue weighted by atomic mass is 10.1. The number of para-hydroxylation sites is 1. The van der Waals surface area contributed by atoms with Crippen molar-refractivity contribution in [3.05, 3.63) is 48.7 Å². The van der Waals surface area contributed by atoms with Gasteiger partial charge in [0, 0.05) is 18.8 Å². The zero-order valence-corrected chi connectivity index (χ0v) is 15.7. The van der Waals surface area contributed by atoms with Gasteiger partial charge in [-0.25, -0.2) is 9.78 Å². The van der Waals surface area contributed by atoms with Crippen LogP contribution >= 0.6 is 12.2 Å². The minimum absolute atomic E-state index is 0.0586. The highest BCUT2D eigenvalue weighted by atomic mass is 32.1. The van der Waals surface area contributed by atoms with Gasteiger partial charge >= 0.3 is 6.09 Å². The van der Waals surface area contributed by atoms with Crippen molar-refractivity contribution in [1.82, 2.24) is 10.3 Å². The lowest BCUT2D eigenvalue weighted by Gasteiger charge is -2.25. The molecule has 0 fully saturated rings. The molecule has 2 rings (SSSR count). The summed E-state index contributed by atoms with van der Waals surface area (Å²) in [4.78, 5) is 17.6. The van der Waals surface area contributed by atoms with E-state index in [2.05, 4.69) is 15.6 Å². The summed E-state index contributed by atoms with van der Waals surface area (Å²) in [5, 5.41) is 15.5. The number of amides is 1. The number of ether oxygens (including phenoxy) is 1. The maximum absolute atomic E-state index is 12.2. The van der Waals surface area contributed by atoms with E-state index in [0.717, 1.165) is 5.69 Å². The molecule has 26 heavy (non-hydrogen) atoms. The number of carbonyl (C=O) groups is 1. The van der Waals surface area contributed by atoms with Crippen LogP contribution in [-0.4, -0.2) is 40.5 Å². The van der Waals surface area contributed by atoms with E-state index in [1.165, 1.54) is 11.1 Å². The Hall–Kier alpha value is -2.71. The highest BCUT2D eigenvalue weighted by molar-refractivity contribution is 7.80. The Bertz CT molecular complexity index is 751. The third-order valence-electron chi connectivity index (χ3n) is 3.45. The first-order chi connectivity index (χ1) is 12.3. The molecule has 2 aromatic rings. The molecule has 0 radical (unpaired) electrons. The molecule has 0 aliphatic carbocycles. The highest BCUT2D eigenvalue weighted by Gasteiger charge is 2.17. The van der Waals surface area contributed by atoms with E-state index >= 15 is 0 Å². The Kier molecular flexibility index (Phi) is 6.48. The van der Waals surface area contributed by atoms with Crippen molar-refractivity contribution in [3.63, 3.8) is 0 Å². The second-order valence-corrected chi connectivity index (χ2v) is 6.68. The van der Waals surface area contributed by atoms with Crippen molar-refractivity contribution in [2.75, 3.05) is 23.9 Å². The van der Waals surface area contributed by atoms with Crippen LogP contribution in [0.2, 0.25) is 0 Å². The number of benzene rings is 1. The second kappa shape index (κ2) is 8.59.